The van der Waals surface area contributed by atoms with E-state index >= 15 is 0 Å². The molecule has 0 spiro atoms. The van der Waals surface area contributed by atoms with Crippen molar-refractivity contribution in [1.29, 1.82) is 0 Å². The highest BCUT2D eigenvalue weighted by atomic mass is 16.6. The van der Waals surface area contributed by atoms with Crippen molar-refractivity contribution < 1.29 is 14.8 Å². The SMILES string of the molecule is CN[C@@H](Cc1ccccc1[N+](=O)[O-])C(=O)O. The number of nitrogens with one attached hydrogen (secondary N) is 1. The molecule has 0 fully saturated rings. The largest absolute Gasteiger partial charge is 0.480 e. The zero-order chi connectivity index (χ0) is 12.1. The molecule has 1 aromatic rings. The molecule has 0 aliphatic carbocycles. The van der Waals surface area contributed by atoms with Crippen LogP contribution in [0.3, 0.4) is 0 Å². The highest BCUT2D eigenvalue weighted by Gasteiger charge is 2.20. The van der Waals surface area contributed by atoms with Crippen LogP contribution >= 0.6 is 0 Å². The van der Waals surface area contributed by atoms with E-state index < -0.39 is 16.9 Å². The molecule has 0 aromatic heterocycles. The molecule has 0 saturated carbocycles. The van der Waals surface area contributed by atoms with Crippen molar-refractivity contribution in [3.8, 4) is 0 Å². The first kappa shape index (κ1) is 12.1. The number of benzene rings is 1. The molecule has 0 aliphatic heterocycles. The molecule has 0 saturated heterocycles. The minimum Gasteiger partial charge on any atom is -0.480 e. The number of para-hydroxylation sites is 1. The number of rotatable bonds is 5. The number of nitro benzene ring substituents is 1. The molecular formula is C10H12N2O4. The Morgan fingerprint density at radius 2 is 2.19 bits per heavy atom. The number of likely N-dealkylation sites (N-methyl/N-ethyl adjacent to an activating group) is 1. The molecule has 86 valence electrons. The zero-order valence-corrected chi connectivity index (χ0v) is 8.71. The number of hydrogen-bond donors (Lipinski definition) is 2. The van der Waals surface area contributed by atoms with Crippen molar-refractivity contribution in [3.63, 3.8) is 0 Å². The van der Waals surface area contributed by atoms with E-state index in [-0.39, 0.29) is 12.1 Å². The normalized spacial score (nSPS) is 12.1. The van der Waals surface area contributed by atoms with Crippen molar-refractivity contribution in [3.05, 3.63) is 39.9 Å². The Kier molecular flexibility index (Phi) is 3.96. The lowest BCUT2D eigenvalue weighted by Gasteiger charge is -2.10. The quantitative estimate of drug-likeness (QED) is 0.570. The van der Waals surface area contributed by atoms with Gasteiger partial charge in [-0.1, -0.05) is 18.2 Å². The van der Waals surface area contributed by atoms with Crippen molar-refractivity contribution in [2.75, 3.05) is 7.05 Å². The highest BCUT2D eigenvalue weighted by molar-refractivity contribution is 5.74. The van der Waals surface area contributed by atoms with E-state index in [9.17, 15) is 14.9 Å². The summed E-state index contributed by atoms with van der Waals surface area (Å²) in [6.07, 6.45) is 0.0863. The summed E-state index contributed by atoms with van der Waals surface area (Å²) in [7, 11) is 1.51. The fourth-order valence-corrected chi connectivity index (χ4v) is 1.39. The molecule has 0 bridgehead atoms. The van der Waals surface area contributed by atoms with Crippen molar-refractivity contribution >= 4 is 11.7 Å². The van der Waals surface area contributed by atoms with Crippen molar-refractivity contribution in [1.82, 2.24) is 5.32 Å². The van der Waals surface area contributed by atoms with E-state index in [1.165, 1.54) is 13.1 Å². The summed E-state index contributed by atoms with van der Waals surface area (Å²) in [5, 5.41) is 22.1. The first-order valence-electron chi connectivity index (χ1n) is 4.68. The van der Waals surface area contributed by atoms with Crippen LogP contribution in [-0.2, 0) is 11.2 Å². The second-order valence-electron chi connectivity index (χ2n) is 3.27. The number of carboxylic acids is 1. The number of hydrogen-bond acceptors (Lipinski definition) is 4. The third-order valence-corrected chi connectivity index (χ3v) is 2.26. The van der Waals surface area contributed by atoms with Gasteiger partial charge < -0.3 is 10.4 Å². The average molecular weight is 224 g/mol. The molecule has 16 heavy (non-hydrogen) atoms. The summed E-state index contributed by atoms with van der Waals surface area (Å²) < 4.78 is 0. The van der Waals surface area contributed by atoms with Gasteiger partial charge in [-0.05, 0) is 7.05 Å². The van der Waals surface area contributed by atoms with E-state index in [0.717, 1.165) is 0 Å². The smallest absolute Gasteiger partial charge is 0.321 e. The van der Waals surface area contributed by atoms with Crippen LogP contribution in [0.25, 0.3) is 0 Å². The van der Waals surface area contributed by atoms with Gasteiger partial charge in [0, 0.05) is 18.1 Å². The summed E-state index contributed by atoms with van der Waals surface area (Å²) in [6, 6.07) is 5.31. The van der Waals surface area contributed by atoms with Crippen LogP contribution in [-0.4, -0.2) is 29.1 Å². The monoisotopic (exact) mass is 224 g/mol. The fraction of sp³-hybridized carbons (Fsp3) is 0.300. The Bertz CT molecular complexity index is 406. The lowest BCUT2D eigenvalue weighted by Crippen LogP contribution is -2.35. The number of carboxylic acid groups (broad SMARTS) is 1. The summed E-state index contributed by atoms with van der Waals surface area (Å²) in [4.78, 5) is 21.0. The number of nitro groups is 1. The summed E-state index contributed by atoms with van der Waals surface area (Å²) in [6.45, 7) is 0. The van der Waals surface area contributed by atoms with E-state index in [0.29, 0.717) is 5.56 Å². The first-order chi connectivity index (χ1) is 7.56. The second-order valence-corrected chi connectivity index (χ2v) is 3.27. The van der Waals surface area contributed by atoms with Gasteiger partial charge in [0.05, 0.1) is 4.92 Å². The van der Waals surface area contributed by atoms with Crippen LogP contribution in [0.2, 0.25) is 0 Å². The number of aliphatic carboxylic acids is 1. The number of nitrogens with zero attached hydrogens (tertiary/aromatic N) is 1. The van der Waals surface area contributed by atoms with Crippen molar-refractivity contribution in [2.24, 2.45) is 0 Å². The Morgan fingerprint density at radius 1 is 1.56 bits per heavy atom. The maximum absolute atomic E-state index is 10.8. The van der Waals surface area contributed by atoms with E-state index in [1.54, 1.807) is 18.2 Å². The van der Waals surface area contributed by atoms with Gasteiger partial charge in [0.15, 0.2) is 0 Å². The molecule has 0 unspecified atom stereocenters. The third-order valence-electron chi connectivity index (χ3n) is 2.26. The van der Waals surface area contributed by atoms with Gasteiger partial charge in [0.2, 0.25) is 0 Å². The fourth-order valence-electron chi connectivity index (χ4n) is 1.39. The Labute approximate surface area is 92.0 Å². The van der Waals surface area contributed by atoms with Gasteiger partial charge in [0.1, 0.15) is 6.04 Å². The lowest BCUT2D eigenvalue weighted by molar-refractivity contribution is -0.385. The molecule has 0 aliphatic rings. The van der Waals surface area contributed by atoms with Crippen LogP contribution in [0.5, 0.6) is 0 Å². The van der Waals surface area contributed by atoms with Crippen LogP contribution < -0.4 is 5.32 Å². The molecule has 2 N–H and O–H groups in total. The standard InChI is InChI=1S/C10H12N2O4/c1-11-8(10(13)14)6-7-4-2-3-5-9(7)12(15)16/h2-5,8,11H,6H2,1H3,(H,13,14)/t8-/m0/s1. The van der Waals surface area contributed by atoms with Crippen LogP contribution in [0.15, 0.2) is 24.3 Å². The van der Waals surface area contributed by atoms with Gasteiger partial charge in [-0.25, -0.2) is 0 Å². The van der Waals surface area contributed by atoms with E-state index in [2.05, 4.69) is 5.32 Å². The second kappa shape index (κ2) is 5.22. The maximum Gasteiger partial charge on any atom is 0.321 e. The molecule has 1 rings (SSSR count). The third kappa shape index (κ3) is 2.77. The Balaban J connectivity index is 2.95. The Morgan fingerprint density at radius 3 is 2.69 bits per heavy atom. The van der Waals surface area contributed by atoms with E-state index in [4.69, 9.17) is 5.11 Å². The first-order valence-corrected chi connectivity index (χ1v) is 4.68. The molecule has 1 atom stereocenters. The molecular weight excluding hydrogens is 212 g/mol. The molecule has 1 aromatic carbocycles. The lowest BCUT2D eigenvalue weighted by atomic mass is 10.0. The van der Waals surface area contributed by atoms with Crippen LogP contribution in [0, 0.1) is 10.1 Å². The van der Waals surface area contributed by atoms with Gasteiger partial charge in [-0.2, -0.15) is 0 Å². The van der Waals surface area contributed by atoms with Gasteiger partial charge in [-0.15, -0.1) is 0 Å². The zero-order valence-electron chi connectivity index (χ0n) is 8.71. The van der Waals surface area contributed by atoms with Crippen LogP contribution in [0.1, 0.15) is 5.56 Å². The number of carbonyl (C=O) groups is 1. The predicted molar refractivity (Wildman–Crippen MR) is 57.3 cm³/mol. The highest BCUT2D eigenvalue weighted by Crippen LogP contribution is 2.19. The minimum atomic E-state index is -1.03. The average Bonchev–Trinajstić information content (AvgIpc) is 2.25. The topological polar surface area (TPSA) is 92.5 Å². The predicted octanol–water partition coefficient (Wildman–Crippen LogP) is 0.810. The molecule has 6 heteroatoms. The van der Waals surface area contributed by atoms with Crippen molar-refractivity contribution in [2.45, 2.75) is 12.5 Å². The molecule has 0 amide bonds. The molecule has 6 nitrogen and oxygen atoms in total. The summed E-state index contributed by atoms with van der Waals surface area (Å²) in [5.41, 5.74) is 0.359. The maximum atomic E-state index is 10.8. The summed E-state index contributed by atoms with van der Waals surface area (Å²) in [5.74, 6) is -1.03. The minimum absolute atomic E-state index is 0.0519. The van der Waals surface area contributed by atoms with E-state index in [1.807, 2.05) is 0 Å². The van der Waals surface area contributed by atoms with Gasteiger partial charge >= 0.3 is 5.97 Å². The van der Waals surface area contributed by atoms with Gasteiger partial charge in [-0.3, -0.25) is 14.9 Å². The molecule has 0 heterocycles. The van der Waals surface area contributed by atoms with Crippen LogP contribution in [0.4, 0.5) is 5.69 Å². The molecule has 0 radical (unpaired) electrons. The van der Waals surface area contributed by atoms with Gasteiger partial charge in [0.25, 0.3) is 5.69 Å². The Hall–Kier alpha value is -1.95. The summed E-state index contributed by atoms with van der Waals surface area (Å²) >= 11 is 0.